The number of halogens is 2. The Morgan fingerprint density at radius 2 is 1.97 bits per heavy atom. The van der Waals surface area contributed by atoms with Gasteiger partial charge in [-0.15, -0.1) is 0 Å². The molecule has 0 unspecified atom stereocenters. The fourth-order valence-corrected chi connectivity index (χ4v) is 5.86. The van der Waals surface area contributed by atoms with Crippen LogP contribution in [0.25, 0.3) is 10.2 Å². The van der Waals surface area contributed by atoms with Crippen LogP contribution in [-0.4, -0.2) is 49.9 Å². The predicted octanol–water partition coefficient (Wildman–Crippen LogP) is 3.99. The quantitative estimate of drug-likeness (QED) is 0.566. The van der Waals surface area contributed by atoms with Gasteiger partial charge < -0.3 is 4.74 Å². The van der Waals surface area contributed by atoms with E-state index in [0.29, 0.717) is 52.2 Å². The first kappa shape index (κ1) is 20.7. The molecule has 7 nitrogen and oxygen atoms in total. The zero-order valence-electron chi connectivity index (χ0n) is 14.9. The molecule has 2 heterocycles. The van der Waals surface area contributed by atoms with Crippen molar-refractivity contribution in [2.45, 2.75) is 4.90 Å². The highest BCUT2D eigenvalue weighted by Gasteiger charge is 2.26. The second-order valence-electron chi connectivity index (χ2n) is 6.24. The number of hydrogen-bond donors (Lipinski definition) is 1. The summed E-state index contributed by atoms with van der Waals surface area (Å²) in [4.78, 5) is 17.1. The number of amides is 1. The number of thiazole rings is 1. The molecule has 2 aromatic carbocycles. The van der Waals surface area contributed by atoms with E-state index in [2.05, 4.69) is 26.2 Å². The number of nitrogens with one attached hydrogen (secondary N) is 1. The van der Waals surface area contributed by atoms with E-state index in [1.54, 1.807) is 30.3 Å². The van der Waals surface area contributed by atoms with Crippen LogP contribution in [0.5, 0.6) is 0 Å². The molecule has 1 fully saturated rings. The van der Waals surface area contributed by atoms with E-state index >= 15 is 0 Å². The molecule has 0 saturated carbocycles. The molecule has 1 saturated heterocycles. The predicted molar refractivity (Wildman–Crippen MR) is 116 cm³/mol. The van der Waals surface area contributed by atoms with Crippen molar-refractivity contribution in [1.29, 1.82) is 0 Å². The topological polar surface area (TPSA) is 88.6 Å². The van der Waals surface area contributed by atoms with Crippen LogP contribution < -0.4 is 5.32 Å². The van der Waals surface area contributed by atoms with Gasteiger partial charge in [-0.25, -0.2) is 13.4 Å². The van der Waals surface area contributed by atoms with Crippen molar-refractivity contribution in [2.24, 2.45) is 0 Å². The SMILES string of the molecule is O=C(Nc1nc2ccc(S(=O)(=O)N3CCOCC3)cc2s1)c1cc(Br)ccc1Cl. The van der Waals surface area contributed by atoms with Gasteiger partial charge in [0.25, 0.3) is 5.91 Å². The maximum Gasteiger partial charge on any atom is 0.258 e. The van der Waals surface area contributed by atoms with Gasteiger partial charge in [0, 0.05) is 17.6 Å². The number of ether oxygens (including phenoxy) is 1. The maximum absolute atomic E-state index is 12.8. The summed E-state index contributed by atoms with van der Waals surface area (Å²) in [5.41, 5.74) is 0.919. The monoisotopic (exact) mass is 515 g/mol. The van der Waals surface area contributed by atoms with Crippen LogP contribution in [0.3, 0.4) is 0 Å². The zero-order valence-corrected chi connectivity index (χ0v) is 18.9. The fraction of sp³-hybridized carbons (Fsp3) is 0.222. The number of carbonyl (C=O) groups excluding carboxylic acids is 1. The molecule has 1 amide bonds. The van der Waals surface area contributed by atoms with Crippen molar-refractivity contribution < 1.29 is 17.9 Å². The van der Waals surface area contributed by atoms with Gasteiger partial charge in [-0.2, -0.15) is 4.31 Å². The molecule has 11 heteroatoms. The highest BCUT2D eigenvalue weighted by Crippen LogP contribution is 2.30. The first-order valence-electron chi connectivity index (χ1n) is 8.59. The largest absolute Gasteiger partial charge is 0.379 e. The van der Waals surface area contributed by atoms with E-state index in [0.717, 1.165) is 4.47 Å². The summed E-state index contributed by atoms with van der Waals surface area (Å²) < 4.78 is 33.7. The lowest BCUT2D eigenvalue weighted by atomic mass is 10.2. The Morgan fingerprint density at radius 3 is 2.72 bits per heavy atom. The van der Waals surface area contributed by atoms with Gasteiger partial charge in [0.2, 0.25) is 10.0 Å². The minimum Gasteiger partial charge on any atom is -0.379 e. The number of hydrogen-bond acceptors (Lipinski definition) is 6. The molecule has 1 N–H and O–H groups in total. The summed E-state index contributed by atoms with van der Waals surface area (Å²) in [5, 5.41) is 3.41. The number of anilines is 1. The molecular weight excluding hydrogens is 502 g/mol. The van der Waals surface area contributed by atoms with E-state index in [1.165, 1.54) is 21.7 Å². The third kappa shape index (κ3) is 4.32. The lowest BCUT2D eigenvalue weighted by Gasteiger charge is -2.25. The lowest BCUT2D eigenvalue weighted by molar-refractivity contribution is 0.0730. The summed E-state index contributed by atoms with van der Waals surface area (Å²) in [6.07, 6.45) is 0. The second kappa shape index (κ2) is 8.29. The number of morpholine rings is 1. The molecule has 3 aromatic rings. The number of carbonyl (C=O) groups is 1. The average Bonchev–Trinajstić information content (AvgIpc) is 3.11. The third-order valence-electron chi connectivity index (χ3n) is 4.36. The summed E-state index contributed by atoms with van der Waals surface area (Å²) in [6.45, 7) is 1.43. The number of sulfonamides is 1. The highest BCUT2D eigenvalue weighted by atomic mass is 79.9. The van der Waals surface area contributed by atoms with Crippen molar-refractivity contribution in [3.63, 3.8) is 0 Å². The third-order valence-corrected chi connectivity index (χ3v) is 8.01. The van der Waals surface area contributed by atoms with Crippen molar-refractivity contribution in [3.05, 3.63) is 51.5 Å². The summed E-state index contributed by atoms with van der Waals surface area (Å²) in [7, 11) is -3.60. The standard InChI is InChI=1S/C18H15BrClN3O4S2/c19-11-1-3-14(20)13(9-11)17(24)22-18-21-15-4-2-12(10-16(15)28-18)29(25,26)23-5-7-27-8-6-23/h1-4,9-10H,5-8H2,(H,21,22,24). The van der Waals surface area contributed by atoms with Crippen molar-refractivity contribution >= 4 is 70.1 Å². The van der Waals surface area contributed by atoms with E-state index in [4.69, 9.17) is 16.3 Å². The van der Waals surface area contributed by atoms with Gasteiger partial charge in [0.05, 0.1) is 38.9 Å². The van der Waals surface area contributed by atoms with E-state index in [9.17, 15) is 13.2 Å². The molecule has 0 radical (unpaired) electrons. The summed E-state index contributed by atoms with van der Waals surface area (Å²) in [5.74, 6) is -0.392. The zero-order chi connectivity index (χ0) is 20.6. The van der Waals surface area contributed by atoms with Gasteiger partial charge in [0.1, 0.15) is 0 Å². The van der Waals surface area contributed by atoms with Crippen LogP contribution in [0.1, 0.15) is 10.4 Å². The first-order chi connectivity index (χ1) is 13.8. The maximum atomic E-state index is 12.8. The van der Waals surface area contributed by atoms with Gasteiger partial charge >= 0.3 is 0 Å². The number of fused-ring (bicyclic) bond motifs is 1. The minimum atomic E-state index is -3.60. The minimum absolute atomic E-state index is 0.198. The van der Waals surface area contributed by atoms with Crippen molar-refractivity contribution in [1.82, 2.24) is 9.29 Å². The van der Waals surface area contributed by atoms with Gasteiger partial charge in [-0.05, 0) is 36.4 Å². The normalized spacial score (nSPS) is 15.5. The molecule has 0 aliphatic carbocycles. The molecular formula is C18H15BrClN3O4S2. The molecule has 4 rings (SSSR count). The van der Waals surface area contributed by atoms with Crippen LogP contribution in [-0.2, 0) is 14.8 Å². The van der Waals surface area contributed by atoms with Gasteiger partial charge in [-0.1, -0.05) is 38.9 Å². The molecule has 29 heavy (non-hydrogen) atoms. The molecule has 1 aliphatic heterocycles. The number of aromatic nitrogens is 1. The van der Waals surface area contributed by atoms with E-state index in [-0.39, 0.29) is 4.90 Å². The first-order valence-corrected chi connectivity index (χ1v) is 12.0. The number of rotatable bonds is 4. The Bertz CT molecular complexity index is 1190. The van der Waals surface area contributed by atoms with Crippen LogP contribution in [0, 0.1) is 0 Å². The average molecular weight is 517 g/mol. The summed E-state index contributed by atoms with van der Waals surface area (Å²) in [6, 6.07) is 9.75. The van der Waals surface area contributed by atoms with Crippen LogP contribution >= 0.6 is 38.9 Å². The fourth-order valence-electron chi connectivity index (χ4n) is 2.89. The van der Waals surface area contributed by atoms with Crippen molar-refractivity contribution in [3.8, 4) is 0 Å². The Hall–Kier alpha value is -1.56. The van der Waals surface area contributed by atoms with Crippen molar-refractivity contribution in [2.75, 3.05) is 31.6 Å². The Balaban J connectivity index is 1.60. The van der Waals surface area contributed by atoms with Crippen LogP contribution in [0.4, 0.5) is 5.13 Å². The number of benzene rings is 2. The van der Waals surface area contributed by atoms with Gasteiger partial charge in [-0.3, -0.25) is 10.1 Å². The van der Waals surface area contributed by atoms with Crippen LogP contribution in [0.2, 0.25) is 5.02 Å². The molecule has 152 valence electrons. The van der Waals surface area contributed by atoms with Crippen LogP contribution in [0.15, 0.2) is 45.8 Å². The molecule has 0 bridgehead atoms. The Morgan fingerprint density at radius 1 is 1.21 bits per heavy atom. The van der Waals surface area contributed by atoms with E-state index < -0.39 is 15.9 Å². The molecule has 1 aliphatic rings. The van der Waals surface area contributed by atoms with E-state index in [1.807, 2.05) is 0 Å². The van der Waals surface area contributed by atoms with Gasteiger partial charge in [0.15, 0.2) is 5.13 Å². The molecule has 1 aromatic heterocycles. The molecule has 0 spiro atoms. The highest BCUT2D eigenvalue weighted by molar-refractivity contribution is 9.10. The number of nitrogens with zero attached hydrogens (tertiary/aromatic N) is 2. The second-order valence-corrected chi connectivity index (χ2v) is 10.5. The lowest BCUT2D eigenvalue weighted by Crippen LogP contribution is -2.40. The Kier molecular flexibility index (Phi) is 5.92. The summed E-state index contributed by atoms with van der Waals surface area (Å²) >= 11 is 10.6. The smallest absolute Gasteiger partial charge is 0.258 e. The molecule has 0 atom stereocenters. The Labute approximate surface area is 184 Å².